The number of nitrogens with one attached hydrogen (secondary N) is 1. The molecule has 1 aromatic heterocycles. The van der Waals surface area contributed by atoms with Crippen LogP contribution in [-0.2, 0) is 6.54 Å². The fraction of sp³-hybridized carbons (Fsp3) is 0.286. The summed E-state index contributed by atoms with van der Waals surface area (Å²) in [6, 6.07) is 8.99. The summed E-state index contributed by atoms with van der Waals surface area (Å²) < 4.78 is 13.7. The minimum atomic E-state index is -0.198. The first-order valence-electron chi connectivity index (χ1n) is 5.87. The summed E-state index contributed by atoms with van der Waals surface area (Å²) in [5.74, 6) is -0.198. The van der Waals surface area contributed by atoms with E-state index in [2.05, 4.69) is 5.32 Å². The fourth-order valence-electron chi connectivity index (χ4n) is 1.66. The first-order valence-corrected chi connectivity index (χ1v) is 6.75. The van der Waals surface area contributed by atoms with Gasteiger partial charge in [-0.1, -0.05) is 12.1 Å². The zero-order valence-electron chi connectivity index (χ0n) is 10.2. The van der Waals surface area contributed by atoms with E-state index in [0.717, 1.165) is 10.4 Å². The Hall–Kier alpha value is -1.23. The van der Waals surface area contributed by atoms with Crippen molar-refractivity contribution < 1.29 is 9.50 Å². The van der Waals surface area contributed by atoms with Gasteiger partial charge in [0.25, 0.3) is 0 Å². The van der Waals surface area contributed by atoms with Crippen LogP contribution in [0.25, 0.3) is 10.4 Å². The molecule has 0 saturated carbocycles. The molecule has 0 fully saturated rings. The van der Waals surface area contributed by atoms with E-state index in [-0.39, 0.29) is 18.5 Å². The van der Waals surface area contributed by atoms with E-state index < -0.39 is 0 Å². The van der Waals surface area contributed by atoms with E-state index in [4.69, 9.17) is 5.11 Å². The molecule has 0 spiro atoms. The lowest BCUT2D eigenvalue weighted by Gasteiger charge is -2.11. The summed E-state index contributed by atoms with van der Waals surface area (Å²) in [7, 11) is 0. The van der Waals surface area contributed by atoms with Gasteiger partial charge in [0.05, 0.1) is 6.61 Å². The Morgan fingerprint density at radius 1 is 1.39 bits per heavy atom. The predicted molar refractivity (Wildman–Crippen MR) is 73.1 cm³/mol. The van der Waals surface area contributed by atoms with Crippen molar-refractivity contribution in [2.45, 2.75) is 19.5 Å². The molecule has 0 amide bonds. The van der Waals surface area contributed by atoms with Crippen LogP contribution in [-0.4, -0.2) is 17.8 Å². The second-order valence-corrected chi connectivity index (χ2v) is 5.20. The Kier molecular flexibility index (Phi) is 4.47. The topological polar surface area (TPSA) is 32.3 Å². The van der Waals surface area contributed by atoms with Gasteiger partial charge in [-0.2, -0.15) is 0 Å². The maximum atomic E-state index is 13.7. The van der Waals surface area contributed by atoms with E-state index in [0.29, 0.717) is 12.1 Å². The molecule has 2 rings (SSSR count). The van der Waals surface area contributed by atoms with Gasteiger partial charge >= 0.3 is 0 Å². The minimum absolute atomic E-state index is 0.0419. The number of aliphatic hydroxyl groups is 1. The highest BCUT2D eigenvalue weighted by molar-refractivity contribution is 7.13. The molecule has 0 radical (unpaired) electrons. The summed E-state index contributed by atoms with van der Waals surface area (Å²) in [5.41, 5.74) is 1.65. The van der Waals surface area contributed by atoms with E-state index in [1.807, 2.05) is 30.5 Å². The van der Waals surface area contributed by atoms with Crippen molar-refractivity contribution in [3.63, 3.8) is 0 Å². The number of benzene rings is 1. The maximum absolute atomic E-state index is 13.7. The second-order valence-electron chi connectivity index (χ2n) is 4.26. The van der Waals surface area contributed by atoms with Crippen LogP contribution in [0.3, 0.4) is 0 Å². The molecule has 1 atom stereocenters. The smallest absolute Gasteiger partial charge is 0.131 e. The van der Waals surface area contributed by atoms with Gasteiger partial charge in [-0.05, 0) is 36.1 Å². The molecule has 96 valence electrons. The Labute approximate surface area is 110 Å². The summed E-state index contributed by atoms with van der Waals surface area (Å²) in [4.78, 5) is 0.935. The monoisotopic (exact) mass is 265 g/mol. The van der Waals surface area contributed by atoms with Crippen LogP contribution in [0.4, 0.5) is 4.39 Å². The highest BCUT2D eigenvalue weighted by Crippen LogP contribution is 2.28. The van der Waals surface area contributed by atoms with Crippen molar-refractivity contribution >= 4 is 11.3 Å². The lowest BCUT2D eigenvalue weighted by molar-refractivity contribution is 0.251. The third kappa shape index (κ3) is 3.16. The maximum Gasteiger partial charge on any atom is 0.131 e. The molecule has 2 N–H and O–H groups in total. The molecule has 0 aliphatic rings. The normalized spacial score (nSPS) is 12.6. The first-order chi connectivity index (χ1) is 8.70. The van der Waals surface area contributed by atoms with Crippen LogP contribution < -0.4 is 5.32 Å². The van der Waals surface area contributed by atoms with Crippen LogP contribution in [0.15, 0.2) is 35.7 Å². The number of aliphatic hydroxyl groups excluding tert-OH is 1. The molecular formula is C14H16FNOS. The van der Waals surface area contributed by atoms with E-state index >= 15 is 0 Å². The van der Waals surface area contributed by atoms with Gasteiger partial charge in [0.15, 0.2) is 0 Å². The Balaban J connectivity index is 2.17. The molecule has 18 heavy (non-hydrogen) atoms. The Bertz CT molecular complexity index is 499. The van der Waals surface area contributed by atoms with Crippen molar-refractivity contribution in [3.8, 4) is 10.4 Å². The van der Waals surface area contributed by atoms with E-state index in [1.165, 1.54) is 17.4 Å². The van der Waals surface area contributed by atoms with Gasteiger partial charge in [-0.15, -0.1) is 11.3 Å². The van der Waals surface area contributed by atoms with Gasteiger partial charge < -0.3 is 10.4 Å². The molecule has 0 bridgehead atoms. The quantitative estimate of drug-likeness (QED) is 0.871. The molecule has 4 heteroatoms. The molecule has 0 saturated heterocycles. The standard InChI is InChI=1S/C14H16FNOS/c1-10(9-17)16-8-11-4-5-13(15)12(7-11)14-3-2-6-18-14/h2-7,10,16-17H,8-9H2,1H3. The molecule has 1 unspecified atom stereocenters. The molecule has 1 aromatic carbocycles. The number of halogens is 1. The number of hydrogen-bond donors (Lipinski definition) is 2. The lowest BCUT2D eigenvalue weighted by atomic mass is 10.1. The zero-order valence-corrected chi connectivity index (χ0v) is 11.0. The number of hydrogen-bond acceptors (Lipinski definition) is 3. The SMILES string of the molecule is CC(CO)NCc1ccc(F)c(-c2cccs2)c1. The van der Waals surface area contributed by atoms with Crippen LogP contribution in [0.1, 0.15) is 12.5 Å². The summed E-state index contributed by atoms with van der Waals surface area (Å²) in [6.07, 6.45) is 0. The predicted octanol–water partition coefficient (Wildman–Crippen LogP) is 3.02. The van der Waals surface area contributed by atoms with Gasteiger partial charge in [0.2, 0.25) is 0 Å². The largest absolute Gasteiger partial charge is 0.395 e. The fourth-order valence-corrected chi connectivity index (χ4v) is 2.40. The molecular weight excluding hydrogens is 249 g/mol. The van der Waals surface area contributed by atoms with Crippen LogP contribution in [0.5, 0.6) is 0 Å². The molecule has 0 aliphatic carbocycles. The summed E-state index contributed by atoms with van der Waals surface area (Å²) in [5, 5.41) is 14.1. The van der Waals surface area contributed by atoms with E-state index in [1.54, 1.807) is 6.07 Å². The van der Waals surface area contributed by atoms with Crippen LogP contribution in [0.2, 0.25) is 0 Å². The van der Waals surface area contributed by atoms with Crippen molar-refractivity contribution in [3.05, 3.63) is 47.1 Å². The van der Waals surface area contributed by atoms with Gasteiger partial charge in [0.1, 0.15) is 5.82 Å². The van der Waals surface area contributed by atoms with Crippen LogP contribution >= 0.6 is 11.3 Å². The minimum Gasteiger partial charge on any atom is -0.395 e. The first kappa shape index (κ1) is 13.2. The lowest BCUT2D eigenvalue weighted by Crippen LogP contribution is -2.28. The highest BCUT2D eigenvalue weighted by Gasteiger charge is 2.07. The van der Waals surface area contributed by atoms with Gasteiger partial charge in [0, 0.05) is 23.0 Å². The zero-order chi connectivity index (χ0) is 13.0. The number of thiophene rings is 1. The average Bonchev–Trinajstić information content (AvgIpc) is 2.91. The average molecular weight is 265 g/mol. The van der Waals surface area contributed by atoms with Crippen LogP contribution in [0, 0.1) is 5.82 Å². The molecule has 0 aliphatic heterocycles. The number of rotatable bonds is 5. The Morgan fingerprint density at radius 2 is 2.22 bits per heavy atom. The van der Waals surface area contributed by atoms with Crippen molar-refractivity contribution in [2.75, 3.05) is 6.61 Å². The van der Waals surface area contributed by atoms with Crippen molar-refractivity contribution in [1.82, 2.24) is 5.32 Å². The van der Waals surface area contributed by atoms with Gasteiger partial charge in [-0.25, -0.2) is 4.39 Å². The summed E-state index contributed by atoms with van der Waals surface area (Å²) >= 11 is 1.53. The van der Waals surface area contributed by atoms with E-state index in [9.17, 15) is 4.39 Å². The third-order valence-electron chi connectivity index (χ3n) is 2.75. The highest BCUT2D eigenvalue weighted by atomic mass is 32.1. The molecule has 1 heterocycles. The Morgan fingerprint density at radius 3 is 2.89 bits per heavy atom. The second kappa shape index (κ2) is 6.09. The molecule has 2 nitrogen and oxygen atoms in total. The summed E-state index contributed by atoms with van der Waals surface area (Å²) in [6.45, 7) is 2.63. The van der Waals surface area contributed by atoms with Crippen molar-refractivity contribution in [2.24, 2.45) is 0 Å². The van der Waals surface area contributed by atoms with Gasteiger partial charge in [-0.3, -0.25) is 0 Å². The van der Waals surface area contributed by atoms with Crippen molar-refractivity contribution in [1.29, 1.82) is 0 Å². The molecule has 2 aromatic rings. The third-order valence-corrected chi connectivity index (χ3v) is 3.65.